The minimum Gasteiger partial charge on any atom is -0.472 e. The summed E-state index contributed by atoms with van der Waals surface area (Å²) in [6.07, 6.45) is -3.01. The molecule has 8 heteroatoms. The lowest BCUT2D eigenvalue weighted by atomic mass is 10.3. The summed E-state index contributed by atoms with van der Waals surface area (Å²) in [7, 11) is 0. The second-order valence-electron chi connectivity index (χ2n) is 3.74. The second kappa shape index (κ2) is 5.95. The molecule has 1 saturated heterocycles. The van der Waals surface area contributed by atoms with Crippen LogP contribution in [0.4, 0.5) is 13.2 Å². The molecule has 0 radical (unpaired) electrons. The molecule has 0 saturated carbocycles. The van der Waals surface area contributed by atoms with E-state index in [1.165, 1.54) is 0 Å². The molecule has 0 amide bonds. The van der Waals surface area contributed by atoms with Crippen LogP contribution < -0.4 is 10.1 Å². The predicted molar refractivity (Wildman–Crippen MR) is 63.4 cm³/mol. The first-order valence-corrected chi connectivity index (χ1v) is 5.45. The Morgan fingerprint density at radius 2 is 2.17 bits per heavy atom. The van der Waals surface area contributed by atoms with Crippen molar-refractivity contribution >= 4 is 24.0 Å². The van der Waals surface area contributed by atoms with Gasteiger partial charge in [0.05, 0.1) is 5.56 Å². The molecule has 1 N–H and O–H groups in total. The molecule has 3 nitrogen and oxygen atoms in total. The molecule has 18 heavy (non-hydrogen) atoms. The fraction of sp³-hybridized carbons (Fsp3) is 0.500. The van der Waals surface area contributed by atoms with Gasteiger partial charge in [0.2, 0.25) is 5.88 Å². The molecule has 1 fully saturated rings. The number of hydrogen-bond acceptors (Lipinski definition) is 3. The Morgan fingerprint density at radius 1 is 1.44 bits per heavy atom. The molecule has 1 aromatic heterocycles. The number of hydrogen-bond donors (Lipinski definition) is 1. The van der Waals surface area contributed by atoms with Gasteiger partial charge < -0.3 is 10.1 Å². The highest BCUT2D eigenvalue weighted by atomic mass is 35.5. The topological polar surface area (TPSA) is 34.1 Å². The zero-order chi connectivity index (χ0) is 12.5. The number of ether oxygens (including phenoxy) is 1. The first-order chi connectivity index (χ1) is 7.97. The van der Waals surface area contributed by atoms with Crippen molar-refractivity contribution in [3.8, 4) is 5.88 Å². The first kappa shape index (κ1) is 15.3. The Hall–Kier alpha value is -0.720. The maximum absolute atomic E-state index is 12.4. The normalized spacial score (nSPS) is 19.4. The maximum Gasteiger partial charge on any atom is 0.417 e. The van der Waals surface area contributed by atoms with Crippen molar-refractivity contribution in [1.82, 2.24) is 10.3 Å². The number of nitrogens with one attached hydrogen (secondary N) is 1. The van der Waals surface area contributed by atoms with Crippen LogP contribution in [0, 0.1) is 0 Å². The van der Waals surface area contributed by atoms with Crippen molar-refractivity contribution in [1.29, 1.82) is 0 Å². The first-order valence-electron chi connectivity index (χ1n) is 5.07. The van der Waals surface area contributed by atoms with Gasteiger partial charge >= 0.3 is 6.18 Å². The number of halogens is 5. The summed E-state index contributed by atoms with van der Waals surface area (Å²) in [6.45, 7) is 1.47. The SMILES string of the molecule is Cl.FC(F)(F)c1cnc(OC2CCNC2)c(Cl)c1. The van der Waals surface area contributed by atoms with Crippen LogP contribution >= 0.6 is 24.0 Å². The van der Waals surface area contributed by atoms with E-state index in [9.17, 15) is 13.2 Å². The van der Waals surface area contributed by atoms with Crippen LogP contribution in [0.25, 0.3) is 0 Å². The van der Waals surface area contributed by atoms with Gasteiger partial charge in [0, 0.05) is 12.7 Å². The monoisotopic (exact) mass is 302 g/mol. The van der Waals surface area contributed by atoms with Crippen molar-refractivity contribution in [3.05, 3.63) is 22.8 Å². The van der Waals surface area contributed by atoms with Gasteiger partial charge in [-0.15, -0.1) is 12.4 Å². The molecule has 1 aliphatic rings. The minimum absolute atomic E-state index is 0. The van der Waals surface area contributed by atoms with Crippen LogP contribution in [0.5, 0.6) is 5.88 Å². The quantitative estimate of drug-likeness (QED) is 0.912. The molecule has 0 bridgehead atoms. The van der Waals surface area contributed by atoms with E-state index in [1.807, 2.05) is 0 Å². The number of nitrogens with zero attached hydrogens (tertiary/aromatic N) is 1. The van der Waals surface area contributed by atoms with E-state index in [1.54, 1.807) is 0 Å². The summed E-state index contributed by atoms with van der Waals surface area (Å²) in [5.41, 5.74) is -0.876. The van der Waals surface area contributed by atoms with E-state index in [-0.39, 0.29) is 29.4 Å². The van der Waals surface area contributed by atoms with Crippen LogP contribution in [0.3, 0.4) is 0 Å². The molecule has 2 heterocycles. The molecule has 0 aromatic carbocycles. The molecule has 1 aliphatic heterocycles. The number of rotatable bonds is 2. The van der Waals surface area contributed by atoms with E-state index in [4.69, 9.17) is 16.3 Å². The lowest BCUT2D eigenvalue weighted by molar-refractivity contribution is -0.137. The third-order valence-electron chi connectivity index (χ3n) is 2.43. The fourth-order valence-electron chi connectivity index (χ4n) is 1.55. The maximum atomic E-state index is 12.4. The number of aromatic nitrogens is 1. The molecule has 0 aliphatic carbocycles. The highest BCUT2D eigenvalue weighted by Gasteiger charge is 2.32. The Labute approximate surface area is 113 Å². The van der Waals surface area contributed by atoms with Crippen LogP contribution in [-0.2, 0) is 6.18 Å². The molecule has 1 atom stereocenters. The van der Waals surface area contributed by atoms with E-state index in [2.05, 4.69) is 10.3 Å². The molecule has 1 aromatic rings. The number of alkyl halides is 3. The zero-order valence-electron chi connectivity index (χ0n) is 9.13. The summed E-state index contributed by atoms with van der Waals surface area (Å²) >= 11 is 5.71. The lowest BCUT2D eigenvalue weighted by Crippen LogP contribution is -2.20. The van der Waals surface area contributed by atoms with E-state index in [0.29, 0.717) is 6.54 Å². The van der Waals surface area contributed by atoms with Crippen molar-refractivity contribution in [2.45, 2.75) is 18.7 Å². The smallest absolute Gasteiger partial charge is 0.417 e. The third kappa shape index (κ3) is 3.63. The number of pyridine rings is 1. The average molecular weight is 303 g/mol. The summed E-state index contributed by atoms with van der Waals surface area (Å²) in [5, 5.41) is 2.95. The molecule has 1 unspecified atom stereocenters. The van der Waals surface area contributed by atoms with Crippen molar-refractivity contribution in [2.75, 3.05) is 13.1 Å². The summed E-state index contributed by atoms with van der Waals surface area (Å²) in [6, 6.07) is 0.826. The predicted octanol–water partition coefficient (Wildman–Crippen LogP) is 2.92. The Morgan fingerprint density at radius 3 is 2.67 bits per heavy atom. The summed E-state index contributed by atoms with van der Waals surface area (Å²) < 4.78 is 42.5. The molecular formula is C10H11Cl2F3N2O. The van der Waals surface area contributed by atoms with Gasteiger partial charge in [-0.3, -0.25) is 0 Å². The third-order valence-corrected chi connectivity index (χ3v) is 2.70. The van der Waals surface area contributed by atoms with Gasteiger partial charge in [-0.05, 0) is 19.0 Å². The highest BCUT2D eigenvalue weighted by molar-refractivity contribution is 6.31. The molecule has 0 spiro atoms. The molecule has 102 valence electrons. The molecule has 2 rings (SSSR count). The summed E-state index contributed by atoms with van der Waals surface area (Å²) in [4.78, 5) is 3.61. The van der Waals surface area contributed by atoms with Gasteiger partial charge in [0.1, 0.15) is 11.1 Å². The Balaban J connectivity index is 0.00000162. The second-order valence-corrected chi connectivity index (χ2v) is 4.15. The average Bonchev–Trinajstić information content (AvgIpc) is 2.72. The minimum atomic E-state index is -4.44. The van der Waals surface area contributed by atoms with Crippen LogP contribution in [0.15, 0.2) is 12.3 Å². The van der Waals surface area contributed by atoms with Crippen molar-refractivity contribution in [2.24, 2.45) is 0 Å². The molecular weight excluding hydrogens is 292 g/mol. The zero-order valence-corrected chi connectivity index (χ0v) is 10.7. The van der Waals surface area contributed by atoms with E-state index >= 15 is 0 Å². The fourth-order valence-corrected chi connectivity index (χ4v) is 1.76. The Bertz CT molecular complexity index is 409. The lowest BCUT2D eigenvalue weighted by Gasteiger charge is -2.13. The van der Waals surface area contributed by atoms with Gasteiger partial charge in [0.15, 0.2) is 0 Å². The van der Waals surface area contributed by atoms with Crippen molar-refractivity contribution < 1.29 is 17.9 Å². The Kier molecular flexibility index (Phi) is 5.07. The van der Waals surface area contributed by atoms with E-state index < -0.39 is 11.7 Å². The van der Waals surface area contributed by atoms with Crippen LogP contribution in [-0.4, -0.2) is 24.2 Å². The van der Waals surface area contributed by atoms with E-state index in [0.717, 1.165) is 25.2 Å². The van der Waals surface area contributed by atoms with Crippen molar-refractivity contribution in [3.63, 3.8) is 0 Å². The summed E-state index contributed by atoms with van der Waals surface area (Å²) in [5.74, 6) is 0.0494. The van der Waals surface area contributed by atoms with Gasteiger partial charge in [-0.2, -0.15) is 13.2 Å². The van der Waals surface area contributed by atoms with Gasteiger partial charge in [-0.1, -0.05) is 11.6 Å². The van der Waals surface area contributed by atoms with Gasteiger partial charge in [-0.25, -0.2) is 4.98 Å². The standard InChI is InChI=1S/C10H10ClF3N2O.ClH/c11-8-3-6(10(12,13)14)4-16-9(8)17-7-1-2-15-5-7;/h3-4,7,15H,1-2,5H2;1H. The van der Waals surface area contributed by atoms with Crippen LogP contribution in [0.1, 0.15) is 12.0 Å². The largest absolute Gasteiger partial charge is 0.472 e. The highest BCUT2D eigenvalue weighted by Crippen LogP contribution is 2.33. The van der Waals surface area contributed by atoms with Gasteiger partial charge in [0.25, 0.3) is 0 Å². The van der Waals surface area contributed by atoms with Crippen LogP contribution in [0.2, 0.25) is 5.02 Å².